The first kappa shape index (κ1) is 29.5. The van der Waals surface area contributed by atoms with E-state index in [2.05, 4.69) is 20.9 Å². The van der Waals surface area contributed by atoms with Crippen molar-refractivity contribution >= 4 is 35.4 Å². The smallest absolute Gasteiger partial charge is 0.407 e. The number of carbonyl (C=O) groups is 5. The zero-order valence-electron chi connectivity index (χ0n) is 23.4. The van der Waals surface area contributed by atoms with Crippen LogP contribution in [0.2, 0.25) is 0 Å². The lowest BCUT2D eigenvalue weighted by Gasteiger charge is -2.32. The summed E-state index contributed by atoms with van der Waals surface area (Å²) in [5.74, 6) is -2.10. The second-order valence-electron chi connectivity index (χ2n) is 11.3. The number of rotatable bonds is 10. The fourth-order valence-corrected chi connectivity index (χ4v) is 5.19. The minimum atomic E-state index is -0.992. The Bertz CT molecular complexity index is 1140. The molecule has 12 heteroatoms. The van der Waals surface area contributed by atoms with E-state index in [9.17, 15) is 24.0 Å². The van der Waals surface area contributed by atoms with Crippen molar-refractivity contribution in [2.45, 2.75) is 70.6 Å². The van der Waals surface area contributed by atoms with E-state index in [0.29, 0.717) is 25.4 Å². The molecule has 3 aliphatic heterocycles. The molecular weight excluding hydrogens is 518 g/mol. The number of nitrogens with one attached hydrogen (secondary N) is 3. The van der Waals surface area contributed by atoms with Gasteiger partial charge in [0.15, 0.2) is 0 Å². The van der Waals surface area contributed by atoms with Gasteiger partial charge in [-0.2, -0.15) is 0 Å². The van der Waals surface area contributed by atoms with Crippen molar-refractivity contribution in [2.75, 3.05) is 44.7 Å². The number of piperidine rings is 2. The predicted octanol–water partition coefficient (Wildman–Crippen LogP) is 1.90. The third kappa shape index (κ3) is 7.36. The van der Waals surface area contributed by atoms with Crippen LogP contribution in [-0.2, 0) is 19.1 Å². The van der Waals surface area contributed by atoms with Gasteiger partial charge < -0.3 is 25.0 Å². The number of benzene rings is 1. The Morgan fingerprint density at radius 3 is 2.50 bits per heavy atom. The molecule has 0 aromatic heterocycles. The molecule has 3 heterocycles. The van der Waals surface area contributed by atoms with Gasteiger partial charge in [0.2, 0.25) is 11.8 Å². The van der Waals surface area contributed by atoms with Crippen molar-refractivity contribution in [3.8, 4) is 0 Å². The average Bonchev–Trinajstić information content (AvgIpc) is 3.13. The first-order valence-electron chi connectivity index (χ1n) is 13.9. The number of likely N-dealkylation sites (tertiary alicyclic amines) is 1. The molecule has 1 atom stereocenters. The van der Waals surface area contributed by atoms with Crippen molar-refractivity contribution in [1.29, 1.82) is 0 Å². The van der Waals surface area contributed by atoms with Gasteiger partial charge in [-0.05, 0) is 58.6 Å². The quantitative estimate of drug-likeness (QED) is 0.290. The number of hydrogen-bond donors (Lipinski definition) is 3. The molecule has 0 bridgehead atoms. The van der Waals surface area contributed by atoms with Crippen molar-refractivity contribution in [3.63, 3.8) is 0 Å². The summed E-state index contributed by atoms with van der Waals surface area (Å²) in [5, 5.41) is 8.33. The first-order valence-corrected chi connectivity index (χ1v) is 13.9. The lowest BCUT2D eigenvalue weighted by atomic mass is 10.0. The molecule has 218 valence electrons. The van der Waals surface area contributed by atoms with Gasteiger partial charge in [0.25, 0.3) is 11.8 Å². The van der Waals surface area contributed by atoms with E-state index < -0.39 is 35.3 Å². The monoisotopic (exact) mass is 557 g/mol. The van der Waals surface area contributed by atoms with Gasteiger partial charge >= 0.3 is 6.09 Å². The summed E-state index contributed by atoms with van der Waals surface area (Å²) in [6.45, 7) is 9.72. The molecule has 4 rings (SSSR count). The maximum absolute atomic E-state index is 13.1. The average molecular weight is 558 g/mol. The fourth-order valence-electron chi connectivity index (χ4n) is 5.19. The van der Waals surface area contributed by atoms with Crippen molar-refractivity contribution in [3.05, 3.63) is 29.3 Å². The summed E-state index contributed by atoms with van der Waals surface area (Å²) in [7, 11) is 0. The maximum Gasteiger partial charge on any atom is 0.407 e. The highest BCUT2D eigenvalue weighted by molar-refractivity contribution is 6.25. The molecule has 0 saturated carbocycles. The van der Waals surface area contributed by atoms with Crippen LogP contribution in [-0.4, -0.2) is 96.6 Å². The summed E-state index contributed by atoms with van der Waals surface area (Å²) < 4.78 is 11.1. The number of hydrogen-bond acceptors (Lipinski definition) is 9. The van der Waals surface area contributed by atoms with Gasteiger partial charge in [-0.25, -0.2) is 4.79 Å². The Morgan fingerprint density at radius 1 is 1.05 bits per heavy atom. The van der Waals surface area contributed by atoms with E-state index in [0.717, 1.165) is 43.8 Å². The molecule has 3 aliphatic rings. The maximum atomic E-state index is 13.1. The molecule has 1 unspecified atom stereocenters. The van der Waals surface area contributed by atoms with E-state index in [4.69, 9.17) is 9.47 Å². The predicted molar refractivity (Wildman–Crippen MR) is 146 cm³/mol. The van der Waals surface area contributed by atoms with Crippen LogP contribution < -0.4 is 16.0 Å². The number of imide groups is 2. The summed E-state index contributed by atoms with van der Waals surface area (Å²) in [4.78, 5) is 65.1. The molecule has 12 nitrogen and oxygen atoms in total. The van der Waals surface area contributed by atoms with Crippen LogP contribution in [0.4, 0.5) is 10.5 Å². The normalized spacial score (nSPS) is 20.4. The molecule has 1 aromatic carbocycles. The Balaban J connectivity index is 1.14. The van der Waals surface area contributed by atoms with Gasteiger partial charge in [0.05, 0.1) is 17.7 Å². The van der Waals surface area contributed by atoms with Gasteiger partial charge in [-0.3, -0.25) is 29.4 Å². The van der Waals surface area contributed by atoms with Crippen LogP contribution in [0.5, 0.6) is 0 Å². The molecule has 0 aliphatic carbocycles. The number of fused-ring (bicyclic) bond motifs is 1. The number of carbonyl (C=O) groups excluding carboxylic acids is 5. The summed E-state index contributed by atoms with van der Waals surface area (Å²) in [5.41, 5.74) is 0.487. The van der Waals surface area contributed by atoms with Crippen molar-refractivity contribution in [1.82, 2.24) is 20.4 Å². The molecule has 0 spiro atoms. The highest BCUT2D eigenvalue weighted by Gasteiger charge is 2.45. The van der Waals surface area contributed by atoms with Crippen LogP contribution in [0, 0.1) is 0 Å². The Hall–Kier alpha value is -3.51. The standard InChI is InChI=1S/C28H39N5O7/c1-28(2,3)40-27(38)30-18-10-14-32(15-11-18)13-5-16-39-17-12-29-20-7-4-6-19-23(20)26(37)33(25(19)36)21-8-9-22(34)31-24(21)35/h4,6-7,18,21,29H,5,8-17H2,1-3H3,(H,30,38)(H,31,34,35). The van der Waals surface area contributed by atoms with E-state index in [1.165, 1.54) is 0 Å². The number of nitrogens with zero attached hydrogens (tertiary/aromatic N) is 2. The second-order valence-corrected chi connectivity index (χ2v) is 11.3. The fraction of sp³-hybridized carbons (Fsp3) is 0.607. The molecular formula is C28H39N5O7. The zero-order valence-corrected chi connectivity index (χ0v) is 23.4. The summed E-state index contributed by atoms with van der Waals surface area (Å²) in [6, 6.07) is 4.12. The van der Waals surface area contributed by atoms with E-state index in [-0.39, 0.29) is 36.1 Å². The lowest BCUT2D eigenvalue weighted by Crippen LogP contribution is -2.54. The Morgan fingerprint density at radius 2 is 1.80 bits per heavy atom. The number of alkyl carbamates (subject to hydrolysis) is 1. The van der Waals surface area contributed by atoms with E-state index in [1.54, 1.807) is 18.2 Å². The second kappa shape index (κ2) is 12.8. The zero-order chi connectivity index (χ0) is 28.9. The number of anilines is 1. The van der Waals surface area contributed by atoms with Gasteiger partial charge in [-0.1, -0.05) is 6.07 Å². The van der Waals surface area contributed by atoms with Crippen molar-refractivity contribution < 1.29 is 33.4 Å². The van der Waals surface area contributed by atoms with E-state index >= 15 is 0 Å². The molecule has 40 heavy (non-hydrogen) atoms. The SMILES string of the molecule is CC(C)(C)OC(=O)NC1CCN(CCCOCCNc2cccc3c2C(=O)N(C2CCC(=O)NC2=O)C3=O)CC1. The number of amides is 5. The lowest BCUT2D eigenvalue weighted by molar-refractivity contribution is -0.136. The van der Waals surface area contributed by atoms with Crippen LogP contribution in [0.15, 0.2) is 18.2 Å². The molecule has 2 saturated heterocycles. The first-order chi connectivity index (χ1) is 19.0. The Labute approximate surface area is 234 Å². The largest absolute Gasteiger partial charge is 0.444 e. The highest BCUT2D eigenvalue weighted by atomic mass is 16.6. The van der Waals surface area contributed by atoms with Crippen LogP contribution in [0.1, 0.15) is 73.6 Å². The van der Waals surface area contributed by atoms with Gasteiger partial charge in [0, 0.05) is 50.9 Å². The van der Waals surface area contributed by atoms with Crippen LogP contribution >= 0.6 is 0 Å². The van der Waals surface area contributed by atoms with Gasteiger partial charge in [0.1, 0.15) is 11.6 Å². The molecule has 0 radical (unpaired) electrons. The summed E-state index contributed by atoms with van der Waals surface area (Å²) >= 11 is 0. The van der Waals surface area contributed by atoms with E-state index in [1.807, 2.05) is 20.8 Å². The Kier molecular flexibility index (Phi) is 9.41. The minimum absolute atomic E-state index is 0.0792. The topological polar surface area (TPSA) is 146 Å². The summed E-state index contributed by atoms with van der Waals surface area (Å²) in [6.07, 6.45) is 2.47. The minimum Gasteiger partial charge on any atom is -0.444 e. The highest BCUT2D eigenvalue weighted by Crippen LogP contribution is 2.32. The number of ether oxygens (including phenoxy) is 2. The van der Waals surface area contributed by atoms with Crippen molar-refractivity contribution in [2.24, 2.45) is 0 Å². The van der Waals surface area contributed by atoms with Crippen LogP contribution in [0.3, 0.4) is 0 Å². The van der Waals surface area contributed by atoms with Crippen LogP contribution in [0.25, 0.3) is 0 Å². The molecule has 2 fully saturated rings. The molecule has 3 N–H and O–H groups in total. The third-order valence-corrected chi connectivity index (χ3v) is 7.10. The molecule has 5 amide bonds. The van der Waals surface area contributed by atoms with Gasteiger partial charge in [-0.15, -0.1) is 0 Å². The molecule has 1 aromatic rings. The third-order valence-electron chi connectivity index (χ3n) is 7.10.